The molecule has 1 aromatic heterocycles. The second kappa shape index (κ2) is 12.1. The van der Waals surface area contributed by atoms with Crippen LogP contribution in [0, 0.1) is 6.92 Å². The lowest BCUT2D eigenvalue weighted by Gasteiger charge is -2.09. The largest absolute Gasteiger partial charge is 0.489 e. The van der Waals surface area contributed by atoms with Gasteiger partial charge in [0.15, 0.2) is 5.69 Å². The van der Waals surface area contributed by atoms with Crippen LogP contribution in [0.1, 0.15) is 27.2 Å². The van der Waals surface area contributed by atoms with Crippen LogP contribution < -0.4 is 10.2 Å². The number of hydrogen-bond donors (Lipinski definition) is 1. The zero-order valence-electron chi connectivity index (χ0n) is 22.9. The van der Waals surface area contributed by atoms with Crippen molar-refractivity contribution >= 4 is 34.5 Å². The smallest absolute Gasteiger partial charge is 0.291 e. The van der Waals surface area contributed by atoms with Crippen molar-refractivity contribution in [2.24, 2.45) is 5.10 Å². The first-order chi connectivity index (χ1) is 20.5. The van der Waals surface area contributed by atoms with Gasteiger partial charge < -0.3 is 4.74 Å². The van der Waals surface area contributed by atoms with Gasteiger partial charge in [0, 0.05) is 16.1 Å². The number of amides is 1. The second-order valence-electron chi connectivity index (χ2n) is 9.87. The summed E-state index contributed by atoms with van der Waals surface area (Å²) in [5.41, 5.74) is 8.37. The molecule has 0 aliphatic heterocycles. The summed E-state index contributed by atoms with van der Waals surface area (Å²) in [6.45, 7) is 2.41. The molecule has 7 heteroatoms. The summed E-state index contributed by atoms with van der Waals surface area (Å²) in [7, 11) is 0. The predicted octanol–water partition coefficient (Wildman–Crippen LogP) is 8.00. The maximum atomic E-state index is 13.1. The topological polar surface area (TPSA) is 68.5 Å². The van der Waals surface area contributed by atoms with Gasteiger partial charge in [0.1, 0.15) is 12.4 Å². The molecule has 6 nitrogen and oxygen atoms in total. The van der Waals surface area contributed by atoms with E-state index >= 15 is 0 Å². The molecule has 5 aromatic carbocycles. The van der Waals surface area contributed by atoms with Crippen LogP contribution >= 0.6 is 11.6 Å². The third-order valence-electron chi connectivity index (χ3n) is 6.88. The van der Waals surface area contributed by atoms with Gasteiger partial charge in [-0.25, -0.2) is 10.1 Å². The van der Waals surface area contributed by atoms with Gasteiger partial charge in [-0.15, -0.1) is 0 Å². The van der Waals surface area contributed by atoms with Gasteiger partial charge in [-0.3, -0.25) is 4.79 Å². The molecule has 0 radical (unpaired) electrons. The molecule has 1 heterocycles. The van der Waals surface area contributed by atoms with Gasteiger partial charge in [-0.05, 0) is 77.9 Å². The average Bonchev–Trinajstić information content (AvgIpc) is 3.47. The van der Waals surface area contributed by atoms with Crippen LogP contribution in [0.5, 0.6) is 5.75 Å². The van der Waals surface area contributed by atoms with Crippen molar-refractivity contribution in [1.82, 2.24) is 15.2 Å². The Hall–Kier alpha value is -5.20. The number of nitrogens with one attached hydrogen (secondary N) is 1. The molecule has 0 spiro atoms. The lowest BCUT2D eigenvalue weighted by atomic mass is 10.0. The second-order valence-corrected chi connectivity index (χ2v) is 10.3. The Morgan fingerprint density at radius 1 is 0.881 bits per heavy atom. The number of ether oxygens (including phenoxy) is 1. The van der Waals surface area contributed by atoms with Crippen molar-refractivity contribution in [2.75, 3.05) is 0 Å². The lowest BCUT2D eigenvalue weighted by molar-refractivity contribution is 0.0949. The molecule has 0 fully saturated rings. The fraction of sp³-hybridized carbons (Fsp3) is 0.0571. The quantitative estimate of drug-likeness (QED) is 0.149. The van der Waals surface area contributed by atoms with Gasteiger partial charge in [-0.2, -0.15) is 10.2 Å². The highest BCUT2D eigenvalue weighted by Crippen LogP contribution is 2.28. The Bertz CT molecular complexity index is 1890. The Morgan fingerprint density at radius 3 is 2.40 bits per heavy atom. The predicted molar refractivity (Wildman–Crippen MR) is 169 cm³/mol. The number of aromatic nitrogens is 2. The van der Waals surface area contributed by atoms with E-state index in [1.807, 2.05) is 97.9 Å². The summed E-state index contributed by atoms with van der Waals surface area (Å²) in [6.07, 6.45) is 1.58. The Labute approximate surface area is 248 Å². The average molecular weight is 571 g/mol. The van der Waals surface area contributed by atoms with Gasteiger partial charge in [-0.1, -0.05) is 83.9 Å². The van der Waals surface area contributed by atoms with Gasteiger partial charge in [0.05, 0.1) is 17.6 Å². The number of carbonyl (C=O) groups is 1. The molecule has 0 aliphatic carbocycles. The monoisotopic (exact) mass is 570 g/mol. The van der Waals surface area contributed by atoms with Crippen molar-refractivity contribution in [3.63, 3.8) is 0 Å². The van der Waals surface area contributed by atoms with Crippen LogP contribution in [-0.4, -0.2) is 21.9 Å². The Balaban J connectivity index is 1.18. The van der Waals surface area contributed by atoms with Gasteiger partial charge >= 0.3 is 0 Å². The first kappa shape index (κ1) is 27.0. The normalized spacial score (nSPS) is 11.2. The summed E-state index contributed by atoms with van der Waals surface area (Å²) in [5, 5.41) is 11.8. The Morgan fingerprint density at radius 2 is 1.62 bits per heavy atom. The van der Waals surface area contributed by atoms with Crippen LogP contribution in [0.3, 0.4) is 0 Å². The van der Waals surface area contributed by atoms with Crippen molar-refractivity contribution in [3.8, 4) is 22.7 Å². The number of hydrogen-bond acceptors (Lipinski definition) is 4. The molecule has 0 aliphatic rings. The number of aryl methyl sites for hydroxylation is 1. The molecule has 0 bridgehead atoms. The summed E-state index contributed by atoms with van der Waals surface area (Å²) in [6, 6.07) is 39.3. The van der Waals surface area contributed by atoms with Crippen LogP contribution in [0.4, 0.5) is 0 Å². The molecule has 42 heavy (non-hydrogen) atoms. The molecule has 0 saturated carbocycles. The van der Waals surface area contributed by atoms with Gasteiger partial charge in [0.2, 0.25) is 0 Å². The molecule has 1 amide bonds. The molecule has 206 valence electrons. The third-order valence-corrected chi connectivity index (χ3v) is 7.25. The van der Waals surface area contributed by atoms with Crippen molar-refractivity contribution < 1.29 is 9.53 Å². The van der Waals surface area contributed by atoms with E-state index in [9.17, 15) is 4.79 Å². The van der Waals surface area contributed by atoms with Crippen LogP contribution in [0.2, 0.25) is 5.02 Å². The number of nitrogens with zero attached hydrogens (tertiary/aromatic N) is 3. The summed E-state index contributed by atoms with van der Waals surface area (Å²) in [5.74, 6) is 0.304. The third kappa shape index (κ3) is 6.09. The number of rotatable bonds is 8. The standard InChI is InChI=1S/C35H27ClN4O2/c1-24-10-16-30(17-11-24)40-34(28-15-14-26-6-2-3-7-27(26)20-28)21-33(39-40)35(41)38-37-22-25-12-18-31(19-13-25)42-23-29-8-4-5-9-32(29)36/h2-22H,23H2,1H3,(H,38,41)/b37-22-. The lowest BCUT2D eigenvalue weighted by Crippen LogP contribution is -2.18. The fourth-order valence-electron chi connectivity index (χ4n) is 4.58. The van der Waals surface area contributed by atoms with Crippen molar-refractivity contribution in [3.05, 3.63) is 149 Å². The SMILES string of the molecule is Cc1ccc(-n2nc(C(=O)N/N=C\c3ccc(OCc4ccccc4Cl)cc3)cc2-c2ccc3ccccc3c2)cc1. The molecule has 0 atom stereocenters. The number of halogens is 1. The van der Waals surface area contributed by atoms with Crippen molar-refractivity contribution in [2.45, 2.75) is 13.5 Å². The molecule has 6 rings (SSSR count). The highest BCUT2D eigenvalue weighted by Gasteiger charge is 2.17. The van der Waals surface area contributed by atoms with Crippen LogP contribution in [0.15, 0.2) is 126 Å². The van der Waals surface area contributed by atoms with E-state index in [0.717, 1.165) is 44.4 Å². The zero-order valence-corrected chi connectivity index (χ0v) is 23.6. The minimum atomic E-state index is -0.404. The summed E-state index contributed by atoms with van der Waals surface area (Å²) in [4.78, 5) is 13.1. The van der Waals surface area contributed by atoms with Crippen LogP contribution in [0.25, 0.3) is 27.7 Å². The maximum absolute atomic E-state index is 13.1. The van der Waals surface area contributed by atoms with E-state index in [1.165, 1.54) is 0 Å². The van der Waals surface area contributed by atoms with E-state index in [2.05, 4.69) is 39.9 Å². The van der Waals surface area contributed by atoms with E-state index in [0.29, 0.717) is 17.4 Å². The maximum Gasteiger partial charge on any atom is 0.291 e. The molecular weight excluding hydrogens is 544 g/mol. The van der Waals surface area contributed by atoms with E-state index in [1.54, 1.807) is 17.0 Å². The minimum absolute atomic E-state index is 0.263. The number of carbonyl (C=O) groups excluding carboxylic acids is 1. The first-order valence-electron chi connectivity index (χ1n) is 13.5. The molecule has 1 N–H and O–H groups in total. The minimum Gasteiger partial charge on any atom is -0.489 e. The Kier molecular flexibility index (Phi) is 7.79. The summed E-state index contributed by atoms with van der Waals surface area (Å²) < 4.78 is 7.63. The zero-order chi connectivity index (χ0) is 28.9. The fourth-order valence-corrected chi connectivity index (χ4v) is 4.77. The van der Waals surface area contributed by atoms with E-state index < -0.39 is 5.91 Å². The van der Waals surface area contributed by atoms with Crippen LogP contribution in [-0.2, 0) is 6.61 Å². The van der Waals surface area contributed by atoms with Crippen molar-refractivity contribution in [1.29, 1.82) is 0 Å². The van der Waals surface area contributed by atoms with Gasteiger partial charge in [0.25, 0.3) is 5.91 Å². The highest BCUT2D eigenvalue weighted by atomic mass is 35.5. The first-order valence-corrected chi connectivity index (χ1v) is 13.9. The molecule has 6 aromatic rings. The number of fused-ring (bicyclic) bond motifs is 1. The molecular formula is C35H27ClN4O2. The number of hydrazone groups is 1. The number of benzene rings is 5. The molecule has 0 unspecified atom stereocenters. The van der Waals surface area contributed by atoms with E-state index in [4.69, 9.17) is 16.3 Å². The summed E-state index contributed by atoms with van der Waals surface area (Å²) >= 11 is 6.20. The molecule has 0 saturated heterocycles. The highest BCUT2D eigenvalue weighted by molar-refractivity contribution is 6.31. The van der Waals surface area contributed by atoms with E-state index in [-0.39, 0.29) is 5.69 Å².